The van der Waals surface area contributed by atoms with Crippen molar-refractivity contribution in [3.05, 3.63) is 0 Å². The van der Waals surface area contributed by atoms with E-state index in [1.54, 1.807) is 0 Å². The van der Waals surface area contributed by atoms with Crippen LogP contribution >= 0.6 is 0 Å². The van der Waals surface area contributed by atoms with E-state index < -0.39 is 17.4 Å². The van der Waals surface area contributed by atoms with Gasteiger partial charge in [0.25, 0.3) is 0 Å². The third-order valence-corrected chi connectivity index (χ3v) is 2.14. The minimum absolute atomic E-state index is 0.0533. The molecule has 6 nitrogen and oxygen atoms in total. The number of amides is 2. The molecule has 1 saturated carbocycles. The Morgan fingerprint density at radius 3 is 2.23 bits per heavy atom. The summed E-state index contributed by atoms with van der Waals surface area (Å²) in [7, 11) is 0. The highest BCUT2D eigenvalue weighted by molar-refractivity contribution is 6.45. The summed E-state index contributed by atoms with van der Waals surface area (Å²) in [5, 5.41) is 13.5. The minimum Gasteiger partial charge on any atom is -0.394 e. The molecule has 0 unspecified atom stereocenters. The molecular formula is C7H9N3O3. The second-order valence-corrected chi connectivity index (χ2v) is 3.25. The van der Waals surface area contributed by atoms with Crippen molar-refractivity contribution in [1.29, 1.82) is 0 Å². The third-order valence-electron chi connectivity index (χ3n) is 2.14. The number of nitrogens with one attached hydrogen (secondary N) is 2. The first-order chi connectivity index (χ1) is 6.15. The van der Waals surface area contributed by atoms with Crippen LogP contribution < -0.4 is 10.6 Å². The second-order valence-electron chi connectivity index (χ2n) is 3.25. The van der Waals surface area contributed by atoms with Gasteiger partial charge in [0.05, 0.1) is 12.1 Å². The molecule has 1 saturated heterocycles. The van der Waals surface area contributed by atoms with Crippen LogP contribution in [0.25, 0.3) is 0 Å². The Hall–Kier alpha value is -1.43. The van der Waals surface area contributed by atoms with E-state index in [0.29, 0.717) is 0 Å². The first kappa shape index (κ1) is 8.18. The van der Waals surface area contributed by atoms with Crippen LogP contribution in [0.4, 0.5) is 0 Å². The minimum atomic E-state index is -0.701. The van der Waals surface area contributed by atoms with E-state index in [1.165, 1.54) is 0 Å². The van der Waals surface area contributed by atoms with Gasteiger partial charge in [-0.1, -0.05) is 0 Å². The monoisotopic (exact) mass is 183 g/mol. The molecule has 2 aliphatic rings. The zero-order chi connectivity index (χ0) is 9.47. The highest BCUT2D eigenvalue weighted by atomic mass is 16.3. The number of aliphatic hydroxyl groups excluding tert-OH is 1. The van der Waals surface area contributed by atoms with E-state index in [4.69, 9.17) is 5.11 Å². The fraction of sp³-hybridized carbons (Fsp3) is 0.571. The topological polar surface area (TPSA) is 90.8 Å². The molecule has 13 heavy (non-hydrogen) atoms. The highest BCUT2D eigenvalue weighted by Gasteiger charge is 2.43. The molecule has 1 aliphatic carbocycles. The number of carbonyl (C=O) groups excluding carboxylic acids is 2. The van der Waals surface area contributed by atoms with Gasteiger partial charge >= 0.3 is 11.8 Å². The smallest absolute Gasteiger partial charge is 0.316 e. The van der Waals surface area contributed by atoms with Gasteiger partial charge in [-0.2, -0.15) is 0 Å². The molecule has 0 bridgehead atoms. The van der Waals surface area contributed by atoms with Crippen molar-refractivity contribution in [3.8, 4) is 0 Å². The molecule has 0 aromatic rings. The van der Waals surface area contributed by atoms with E-state index >= 15 is 0 Å². The molecular weight excluding hydrogens is 174 g/mol. The molecule has 2 fully saturated rings. The van der Waals surface area contributed by atoms with Gasteiger partial charge in [-0.3, -0.25) is 20.2 Å². The summed E-state index contributed by atoms with van der Waals surface area (Å²) >= 11 is 0. The van der Waals surface area contributed by atoms with Gasteiger partial charge in [0, 0.05) is 0 Å². The van der Waals surface area contributed by atoms with Gasteiger partial charge in [0.2, 0.25) is 5.96 Å². The number of hydrogen-bond acceptors (Lipinski definition) is 4. The van der Waals surface area contributed by atoms with Gasteiger partial charge in [-0.15, -0.1) is 0 Å². The van der Waals surface area contributed by atoms with Gasteiger partial charge in [0.1, 0.15) is 0 Å². The number of aliphatic hydroxyl groups is 1. The van der Waals surface area contributed by atoms with Crippen molar-refractivity contribution < 1.29 is 14.7 Å². The number of rotatable bonds is 2. The molecule has 6 heteroatoms. The molecule has 2 rings (SSSR count). The molecule has 0 atom stereocenters. The lowest BCUT2D eigenvalue weighted by Gasteiger charge is -2.05. The fourth-order valence-corrected chi connectivity index (χ4v) is 1.10. The molecule has 2 amide bonds. The summed E-state index contributed by atoms with van der Waals surface area (Å²) in [6.45, 7) is -0.0533. The number of guanidine groups is 1. The highest BCUT2D eigenvalue weighted by Crippen LogP contribution is 2.39. The number of hydrogen-bond donors (Lipinski definition) is 3. The Bertz CT molecular complexity index is 288. The lowest BCUT2D eigenvalue weighted by molar-refractivity contribution is -0.135. The van der Waals surface area contributed by atoms with Crippen molar-refractivity contribution in [2.45, 2.75) is 18.4 Å². The molecule has 1 aliphatic heterocycles. The van der Waals surface area contributed by atoms with Crippen LogP contribution in [0.3, 0.4) is 0 Å². The van der Waals surface area contributed by atoms with Crippen molar-refractivity contribution in [2.24, 2.45) is 4.99 Å². The maximum Gasteiger partial charge on any atom is 0.316 e. The largest absolute Gasteiger partial charge is 0.394 e. The molecule has 0 aromatic heterocycles. The van der Waals surface area contributed by atoms with E-state index in [-0.39, 0.29) is 12.6 Å². The quantitative estimate of drug-likeness (QED) is 0.437. The Balaban J connectivity index is 2.11. The van der Waals surface area contributed by atoms with Crippen LogP contribution in [0.1, 0.15) is 12.8 Å². The molecule has 70 valence electrons. The number of aliphatic imine (C=N–C) groups is 1. The predicted octanol–water partition coefficient (Wildman–Crippen LogP) is -1.89. The Labute approximate surface area is 74.0 Å². The molecule has 3 N–H and O–H groups in total. The first-order valence-electron chi connectivity index (χ1n) is 3.98. The zero-order valence-electron chi connectivity index (χ0n) is 6.83. The molecule has 0 radical (unpaired) electrons. The lowest BCUT2D eigenvalue weighted by Crippen LogP contribution is -2.29. The summed E-state index contributed by atoms with van der Waals surface area (Å²) in [4.78, 5) is 25.5. The van der Waals surface area contributed by atoms with Crippen LogP contribution in [0.5, 0.6) is 0 Å². The van der Waals surface area contributed by atoms with E-state index in [9.17, 15) is 9.59 Å². The number of carbonyl (C=O) groups is 2. The van der Waals surface area contributed by atoms with Crippen molar-refractivity contribution in [3.63, 3.8) is 0 Å². The standard InChI is InChI=1S/C7H9N3O3/c11-3-7(1-2-7)10-6-8-4(12)5(13)9-6/h11H,1-3H2,(H2,8,9,10,12,13). The summed E-state index contributed by atoms with van der Waals surface area (Å²) < 4.78 is 0. The van der Waals surface area contributed by atoms with Gasteiger partial charge in [-0.05, 0) is 12.8 Å². The maximum absolute atomic E-state index is 10.7. The SMILES string of the molecule is O=C1NC(=NC2(CO)CC2)NC1=O. The van der Waals surface area contributed by atoms with Gasteiger partial charge in [0.15, 0.2) is 0 Å². The Morgan fingerprint density at radius 1 is 1.31 bits per heavy atom. The fourth-order valence-electron chi connectivity index (χ4n) is 1.10. The third kappa shape index (κ3) is 1.40. The van der Waals surface area contributed by atoms with E-state index in [2.05, 4.69) is 15.6 Å². The van der Waals surface area contributed by atoms with E-state index in [1.807, 2.05) is 0 Å². The summed E-state index contributed by atoms with van der Waals surface area (Å²) in [5.74, 6) is -1.25. The van der Waals surface area contributed by atoms with Crippen LogP contribution in [-0.2, 0) is 9.59 Å². The first-order valence-corrected chi connectivity index (χ1v) is 3.98. The van der Waals surface area contributed by atoms with Crippen molar-refractivity contribution in [2.75, 3.05) is 6.61 Å². The normalized spacial score (nSPS) is 23.9. The predicted molar refractivity (Wildman–Crippen MR) is 42.8 cm³/mol. The second kappa shape index (κ2) is 2.53. The van der Waals surface area contributed by atoms with E-state index in [0.717, 1.165) is 12.8 Å². The van der Waals surface area contributed by atoms with Crippen molar-refractivity contribution >= 4 is 17.8 Å². The molecule has 0 aromatic carbocycles. The average molecular weight is 183 g/mol. The summed E-state index contributed by atoms with van der Waals surface area (Å²) in [5.41, 5.74) is -0.458. The van der Waals surface area contributed by atoms with Crippen LogP contribution in [-0.4, -0.2) is 35.0 Å². The van der Waals surface area contributed by atoms with Gasteiger partial charge < -0.3 is 5.11 Å². The summed E-state index contributed by atoms with van der Waals surface area (Å²) in [6.07, 6.45) is 1.58. The van der Waals surface area contributed by atoms with Crippen LogP contribution in [0, 0.1) is 0 Å². The Morgan fingerprint density at radius 2 is 1.85 bits per heavy atom. The van der Waals surface area contributed by atoms with Gasteiger partial charge in [-0.25, -0.2) is 4.99 Å². The van der Waals surface area contributed by atoms with Crippen LogP contribution in [0.15, 0.2) is 4.99 Å². The zero-order valence-corrected chi connectivity index (χ0v) is 6.83. The maximum atomic E-state index is 10.7. The number of nitrogens with zero attached hydrogens (tertiary/aromatic N) is 1. The summed E-state index contributed by atoms with van der Waals surface area (Å²) in [6, 6.07) is 0. The lowest BCUT2D eigenvalue weighted by atomic mass is 10.3. The molecule has 1 heterocycles. The average Bonchev–Trinajstić information content (AvgIpc) is 2.78. The molecule has 0 spiro atoms. The van der Waals surface area contributed by atoms with Crippen LogP contribution in [0.2, 0.25) is 0 Å². The Kier molecular flexibility index (Phi) is 1.59. The van der Waals surface area contributed by atoms with Crippen molar-refractivity contribution in [1.82, 2.24) is 10.6 Å².